The highest BCUT2D eigenvalue weighted by molar-refractivity contribution is 7.91. The average Bonchev–Trinajstić information content (AvgIpc) is 3.75. The Morgan fingerprint density at radius 2 is 1.74 bits per heavy atom. The number of carbonyl (C=O) groups excluding carboxylic acids is 1. The second kappa shape index (κ2) is 11.2. The summed E-state index contributed by atoms with van der Waals surface area (Å²) in [5.74, 6) is -0.376. The number of aromatic nitrogens is 1. The minimum absolute atomic E-state index is 0.0628. The van der Waals surface area contributed by atoms with Gasteiger partial charge in [-0.25, -0.2) is 8.42 Å². The first-order chi connectivity index (χ1) is 18.3. The maximum absolute atomic E-state index is 14.1. The van der Waals surface area contributed by atoms with Gasteiger partial charge >= 0.3 is 0 Å². The van der Waals surface area contributed by atoms with Crippen LogP contribution in [0.25, 0.3) is 0 Å². The van der Waals surface area contributed by atoms with E-state index in [1.807, 2.05) is 30.3 Å². The number of sulfone groups is 1. The highest BCUT2D eigenvalue weighted by atomic mass is 35.5. The van der Waals surface area contributed by atoms with Crippen LogP contribution in [0.1, 0.15) is 42.5 Å². The molecule has 1 saturated heterocycles. The van der Waals surface area contributed by atoms with Crippen LogP contribution in [-0.4, -0.2) is 42.1 Å². The molecular formula is C29H28Cl2N2O4S. The zero-order valence-corrected chi connectivity index (χ0v) is 22.9. The maximum Gasteiger partial charge on any atom is 0.252 e. The van der Waals surface area contributed by atoms with E-state index in [1.165, 1.54) is 24.5 Å². The SMILES string of the molecule is C=CCC1OC(c2cccc(Cl)c2)C(c2ccc(Cl)cc2)N(C(CS(=O)(=O)c2ccncc2)C2CC2)C1=O. The van der Waals surface area contributed by atoms with Crippen LogP contribution in [0.3, 0.4) is 0 Å². The van der Waals surface area contributed by atoms with E-state index >= 15 is 0 Å². The number of rotatable bonds is 9. The molecule has 9 heteroatoms. The molecule has 4 atom stereocenters. The third-order valence-electron chi connectivity index (χ3n) is 7.12. The number of hydrogen-bond acceptors (Lipinski definition) is 5. The molecule has 5 rings (SSSR count). The normalized spacial score (nSPS) is 22.7. The number of morpholine rings is 1. The fourth-order valence-electron chi connectivity index (χ4n) is 5.17. The molecule has 1 aromatic heterocycles. The van der Waals surface area contributed by atoms with E-state index in [4.69, 9.17) is 27.9 Å². The van der Waals surface area contributed by atoms with Gasteiger partial charge in [-0.1, -0.05) is 53.5 Å². The molecule has 3 aromatic rings. The Morgan fingerprint density at radius 1 is 1.03 bits per heavy atom. The molecule has 2 aliphatic rings. The van der Waals surface area contributed by atoms with E-state index in [0.717, 1.165) is 24.0 Å². The summed E-state index contributed by atoms with van der Waals surface area (Å²) in [6, 6.07) is 16.5. The third kappa shape index (κ3) is 5.66. The molecule has 38 heavy (non-hydrogen) atoms. The molecule has 2 heterocycles. The van der Waals surface area contributed by atoms with Crippen molar-refractivity contribution in [3.05, 3.63) is 107 Å². The van der Waals surface area contributed by atoms with Gasteiger partial charge in [0.2, 0.25) is 0 Å². The molecule has 0 N–H and O–H groups in total. The summed E-state index contributed by atoms with van der Waals surface area (Å²) in [5.41, 5.74) is 1.60. The van der Waals surface area contributed by atoms with Crippen molar-refractivity contribution in [2.24, 2.45) is 5.92 Å². The lowest BCUT2D eigenvalue weighted by atomic mass is 9.89. The van der Waals surface area contributed by atoms with Crippen molar-refractivity contribution in [1.82, 2.24) is 9.88 Å². The van der Waals surface area contributed by atoms with Gasteiger partial charge < -0.3 is 9.64 Å². The Labute approximate surface area is 233 Å². The molecule has 1 aliphatic carbocycles. The fraction of sp³-hybridized carbons (Fsp3) is 0.310. The molecule has 2 aromatic carbocycles. The monoisotopic (exact) mass is 570 g/mol. The number of amides is 1. The van der Waals surface area contributed by atoms with Crippen LogP contribution in [0, 0.1) is 5.92 Å². The minimum Gasteiger partial charge on any atom is -0.358 e. The second-order valence-corrected chi connectivity index (χ2v) is 12.6. The summed E-state index contributed by atoms with van der Waals surface area (Å²) in [6.07, 6.45) is 5.19. The summed E-state index contributed by atoms with van der Waals surface area (Å²) in [5, 5.41) is 1.11. The van der Waals surface area contributed by atoms with Crippen LogP contribution < -0.4 is 0 Å². The number of halogens is 2. The van der Waals surface area contributed by atoms with Gasteiger partial charge in [0.1, 0.15) is 12.2 Å². The predicted octanol–water partition coefficient (Wildman–Crippen LogP) is 6.23. The number of benzene rings is 2. The van der Waals surface area contributed by atoms with Crippen LogP contribution in [0.2, 0.25) is 10.0 Å². The van der Waals surface area contributed by atoms with Crippen molar-refractivity contribution in [3.8, 4) is 0 Å². The number of hydrogen-bond donors (Lipinski definition) is 0. The van der Waals surface area contributed by atoms with Gasteiger partial charge in [0, 0.05) is 34.9 Å². The average molecular weight is 572 g/mol. The van der Waals surface area contributed by atoms with E-state index in [9.17, 15) is 13.2 Å². The van der Waals surface area contributed by atoms with Gasteiger partial charge in [-0.2, -0.15) is 0 Å². The van der Waals surface area contributed by atoms with Crippen LogP contribution in [0.5, 0.6) is 0 Å². The third-order valence-corrected chi connectivity index (χ3v) is 9.38. The van der Waals surface area contributed by atoms with Crippen molar-refractivity contribution in [2.45, 2.75) is 48.4 Å². The molecule has 0 spiro atoms. The van der Waals surface area contributed by atoms with Crippen LogP contribution in [-0.2, 0) is 19.4 Å². The van der Waals surface area contributed by atoms with Crippen molar-refractivity contribution >= 4 is 38.9 Å². The molecule has 4 unspecified atom stereocenters. The van der Waals surface area contributed by atoms with Gasteiger partial charge in [0.05, 0.1) is 16.7 Å². The first-order valence-corrected chi connectivity index (χ1v) is 14.9. The molecule has 198 valence electrons. The van der Waals surface area contributed by atoms with Gasteiger partial charge in [-0.3, -0.25) is 9.78 Å². The zero-order valence-electron chi connectivity index (χ0n) is 20.6. The van der Waals surface area contributed by atoms with E-state index in [2.05, 4.69) is 11.6 Å². The Hall–Kier alpha value is -2.71. The van der Waals surface area contributed by atoms with Crippen LogP contribution >= 0.6 is 23.2 Å². The van der Waals surface area contributed by atoms with Gasteiger partial charge in [-0.15, -0.1) is 6.58 Å². The van der Waals surface area contributed by atoms with E-state index in [0.29, 0.717) is 16.5 Å². The second-order valence-electron chi connectivity index (χ2n) is 9.74. The number of nitrogens with zero attached hydrogens (tertiary/aromatic N) is 2. The number of ether oxygens (including phenoxy) is 1. The quantitative estimate of drug-likeness (QED) is 0.285. The summed E-state index contributed by atoms with van der Waals surface area (Å²) in [4.78, 5) is 20.0. The maximum atomic E-state index is 14.1. The van der Waals surface area contributed by atoms with Crippen molar-refractivity contribution < 1.29 is 17.9 Å². The van der Waals surface area contributed by atoms with E-state index < -0.39 is 34.1 Å². The van der Waals surface area contributed by atoms with E-state index in [-0.39, 0.29) is 22.5 Å². The van der Waals surface area contributed by atoms with Crippen molar-refractivity contribution in [3.63, 3.8) is 0 Å². The first kappa shape index (κ1) is 26.9. The fourth-order valence-corrected chi connectivity index (χ4v) is 7.10. The molecule has 2 fully saturated rings. The smallest absolute Gasteiger partial charge is 0.252 e. The first-order valence-electron chi connectivity index (χ1n) is 12.5. The van der Waals surface area contributed by atoms with Gasteiger partial charge in [0.15, 0.2) is 9.84 Å². The topological polar surface area (TPSA) is 76.6 Å². The zero-order chi connectivity index (χ0) is 26.9. The molecule has 1 aliphatic heterocycles. The van der Waals surface area contributed by atoms with Crippen LogP contribution in [0.4, 0.5) is 0 Å². The Balaban J connectivity index is 1.64. The molecule has 0 radical (unpaired) electrons. The van der Waals surface area contributed by atoms with Gasteiger partial charge in [0.25, 0.3) is 5.91 Å². The predicted molar refractivity (Wildman–Crippen MR) is 148 cm³/mol. The Morgan fingerprint density at radius 3 is 2.37 bits per heavy atom. The molecular weight excluding hydrogens is 543 g/mol. The minimum atomic E-state index is -3.71. The summed E-state index contributed by atoms with van der Waals surface area (Å²) in [7, 11) is -3.71. The lowest BCUT2D eigenvalue weighted by molar-refractivity contribution is -0.178. The summed E-state index contributed by atoms with van der Waals surface area (Å²) < 4.78 is 33.6. The highest BCUT2D eigenvalue weighted by Gasteiger charge is 2.50. The van der Waals surface area contributed by atoms with Gasteiger partial charge in [-0.05, 0) is 66.3 Å². The largest absolute Gasteiger partial charge is 0.358 e. The van der Waals surface area contributed by atoms with E-state index in [1.54, 1.807) is 29.2 Å². The van der Waals surface area contributed by atoms with Crippen LogP contribution in [0.15, 0.2) is 90.6 Å². The highest BCUT2D eigenvalue weighted by Crippen LogP contribution is 2.48. The number of pyridine rings is 1. The molecule has 1 amide bonds. The lowest BCUT2D eigenvalue weighted by Gasteiger charge is -2.48. The van der Waals surface area contributed by atoms with Crippen molar-refractivity contribution in [2.75, 3.05) is 5.75 Å². The molecule has 0 bridgehead atoms. The lowest BCUT2D eigenvalue weighted by Crippen LogP contribution is -2.57. The van der Waals surface area contributed by atoms with Crippen molar-refractivity contribution in [1.29, 1.82) is 0 Å². The summed E-state index contributed by atoms with van der Waals surface area (Å²) >= 11 is 12.6. The molecule has 1 saturated carbocycles. The standard InChI is InChI=1S/C29H28Cl2N2O4S/c1-2-4-26-29(34)33(25(19-7-8-19)18-38(35,36)24-13-15-32-16-14-24)27(20-9-11-22(30)12-10-20)28(37-26)21-5-3-6-23(31)17-21/h2-3,5-6,9-17,19,25-28H,1,4,7-8,18H2. The summed E-state index contributed by atoms with van der Waals surface area (Å²) in [6.45, 7) is 3.82. The Kier molecular flexibility index (Phi) is 7.91. The number of carbonyl (C=O) groups is 1. The Bertz CT molecular complexity index is 1410. The molecule has 6 nitrogen and oxygen atoms in total.